The van der Waals surface area contributed by atoms with Crippen molar-refractivity contribution in [2.45, 2.75) is 6.92 Å². The van der Waals surface area contributed by atoms with Crippen molar-refractivity contribution in [2.75, 3.05) is 0 Å². The number of fused-ring (bicyclic) bond motifs is 1. The number of nitrogens with zero attached hydrogens (tertiary/aromatic N) is 2. The second kappa shape index (κ2) is 5.50. The van der Waals surface area contributed by atoms with Crippen LogP contribution in [0.25, 0.3) is 16.7 Å². The number of hydrogen-bond donors (Lipinski definition) is 0. The number of allylic oxidation sites excluding steroid dienone is 5. The zero-order valence-corrected chi connectivity index (χ0v) is 12.0. The van der Waals surface area contributed by atoms with Gasteiger partial charge in [0, 0.05) is 5.57 Å². The Hall–Kier alpha value is -1.39. The minimum atomic E-state index is 0.361. The molecular weight excluding hydrogens is 316 g/mol. The second-order valence-corrected chi connectivity index (χ2v) is 4.60. The molecule has 0 spiro atoms. The van der Waals surface area contributed by atoms with Gasteiger partial charge in [0.05, 0.1) is 9.86 Å². The number of aromatic nitrogens is 2. The van der Waals surface area contributed by atoms with Gasteiger partial charge in [0.1, 0.15) is 11.5 Å². The lowest BCUT2D eigenvalue weighted by atomic mass is 10.1. The summed E-state index contributed by atoms with van der Waals surface area (Å²) in [5.41, 5.74) is 1.34. The van der Waals surface area contributed by atoms with Gasteiger partial charge in [-0.15, -0.1) is 0 Å². The predicted molar refractivity (Wildman–Crippen MR) is 77.5 cm³/mol. The van der Waals surface area contributed by atoms with Crippen LogP contribution in [0.1, 0.15) is 12.7 Å². The average molecular weight is 326 g/mol. The van der Waals surface area contributed by atoms with Gasteiger partial charge in [-0.25, -0.2) is 9.97 Å². The summed E-state index contributed by atoms with van der Waals surface area (Å²) in [5, 5.41) is 1.04. The Morgan fingerprint density at radius 1 is 1.50 bits per heavy atom. The van der Waals surface area contributed by atoms with Crippen LogP contribution in [0.4, 0.5) is 0 Å². The van der Waals surface area contributed by atoms with Gasteiger partial charge in [-0.3, -0.25) is 0 Å². The van der Waals surface area contributed by atoms with E-state index < -0.39 is 0 Å². The summed E-state index contributed by atoms with van der Waals surface area (Å²) in [7, 11) is 0. The molecule has 0 saturated heterocycles. The van der Waals surface area contributed by atoms with E-state index in [4.69, 9.17) is 16.0 Å². The first-order chi connectivity index (χ1) is 8.69. The van der Waals surface area contributed by atoms with Gasteiger partial charge in [0.25, 0.3) is 0 Å². The van der Waals surface area contributed by atoms with Crippen molar-refractivity contribution in [3.63, 3.8) is 0 Å². The van der Waals surface area contributed by atoms with Crippen molar-refractivity contribution in [3.05, 3.63) is 52.6 Å². The van der Waals surface area contributed by atoms with Crippen molar-refractivity contribution in [1.82, 2.24) is 9.97 Å². The van der Waals surface area contributed by atoms with E-state index >= 15 is 0 Å². The quantitative estimate of drug-likeness (QED) is 0.602. The molecule has 0 saturated carbocycles. The van der Waals surface area contributed by atoms with E-state index in [0.717, 1.165) is 10.0 Å². The maximum absolute atomic E-state index is 6.04. The van der Waals surface area contributed by atoms with Crippen LogP contribution in [-0.2, 0) is 0 Å². The Morgan fingerprint density at radius 2 is 2.28 bits per heavy atom. The molecule has 0 amide bonds. The highest BCUT2D eigenvalue weighted by Gasteiger charge is 2.17. The van der Waals surface area contributed by atoms with Crippen LogP contribution in [0.2, 0.25) is 5.15 Å². The van der Waals surface area contributed by atoms with Crippen LogP contribution < -0.4 is 0 Å². The van der Waals surface area contributed by atoms with Crippen molar-refractivity contribution in [3.8, 4) is 0 Å². The molecule has 2 heterocycles. The zero-order valence-electron chi connectivity index (χ0n) is 9.65. The molecule has 0 radical (unpaired) electrons. The van der Waals surface area contributed by atoms with Gasteiger partial charge in [-0.2, -0.15) is 0 Å². The minimum absolute atomic E-state index is 0.361. The molecule has 92 valence electrons. The summed E-state index contributed by atoms with van der Waals surface area (Å²) in [6.07, 6.45) is 8.76. The van der Waals surface area contributed by atoms with Gasteiger partial charge >= 0.3 is 0 Å². The maximum Gasteiger partial charge on any atom is 0.232 e. The first-order valence-corrected chi connectivity index (χ1v) is 6.40. The fourth-order valence-corrected chi connectivity index (χ4v) is 2.57. The molecule has 0 aliphatic heterocycles. The summed E-state index contributed by atoms with van der Waals surface area (Å²) >= 11 is 9.51. The molecule has 0 N–H and O–H groups in total. The Labute approximate surface area is 118 Å². The predicted octanol–water partition coefficient (Wildman–Crippen LogP) is 4.78. The molecule has 0 aromatic carbocycles. The Bertz CT molecular complexity index is 658. The maximum atomic E-state index is 6.04. The molecule has 0 bridgehead atoms. The molecule has 0 aliphatic rings. The number of halogens is 2. The second-order valence-electron chi connectivity index (χ2n) is 3.45. The zero-order chi connectivity index (χ0) is 13.1. The van der Waals surface area contributed by atoms with Crippen LogP contribution in [-0.4, -0.2) is 9.97 Å². The standard InChI is InChI=1S/C13H10BrClN2O/c1-3-5-8(6-4-2)11-10(14)9-12(15)16-7-17-13(9)18-11/h3-7H,1H2,2H3/b6-4-,8-5+. The molecule has 3 nitrogen and oxygen atoms in total. The first-order valence-electron chi connectivity index (χ1n) is 5.23. The SMILES string of the molecule is C=C/C=C(\C=C/C)c1oc2ncnc(Cl)c2c1Br. The Balaban J connectivity index is 2.72. The summed E-state index contributed by atoms with van der Waals surface area (Å²) in [5.74, 6) is 0.658. The molecule has 0 aliphatic carbocycles. The van der Waals surface area contributed by atoms with E-state index in [1.807, 2.05) is 25.2 Å². The molecule has 18 heavy (non-hydrogen) atoms. The molecule has 0 atom stereocenters. The highest BCUT2D eigenvalue weighted by molar-refractivity contribution is 9.10. The van der Waals surface area contributed by atoms with E-state index in [0.29, 0.717) is 22.0 Å². The highest BCUT2D eigenvalue weighted by Crippen LogP contribution is 2.37. The van der Waals surface area contributed by atoms with Crippen LogP contribution in [0, 0.1) is 0 Å². The van der Waals surface area contributed by atoms with Gasteiger partial charge < -0.3 is 4.42 Å². The van der Waals surface area contributed by atoms with Gasteiger partial charge in [-0.05, 0) is 22.9 Å². The third kappa shape index (κ3) is 2.26. The lowest BCUT2D eigenvalue weighted by Gasteiger charge is -1.97. The lowest BCUT2D eigenvalue weighted by molar-refractivity contribution is 0.586. The fraction of sp³-hybridized carbons (Fsp3) is 0.0769. The molecular formula is C13H10BrClN2O. The van der Waals surface area contributed by atoms with Crippen LogP contribution >= 0.6 is 27.5 Å². The van der Waals surface area contributed by atoms with Gasteiger partial charge in [-0.1, -0.05) is 42.5 Å². The molecule has 2 aromatic heterocycles. The third-order valence-electron chi connectivity index (χ3n) is 2.29. The third-order valence-corrected chi connectivity index (χ3v) is 3.33. The van der Waals surface area contributed by atoms with Crippen LogP contribution in [0.3, 0.4) is 0 Å². The Morgan fingerprint density at radius 3 is 2.89 bits per heavy atom. The molecule has 5 heteroatoms. The van der Waals surface area contributed by atoms with E-state index in [1.54, 1.807) is 6.08 Å². The average Bonchev–Trinajstić information content (AvgIpc) is 2.68. The molecule has 2 rings (SSSR count). The largest absolute Gasteiger partial charge is 0.436 e. The normalized spacial score (nSPS) is 12.5. The van der Waals surface area contributed by atoms with Crippen LogP contribution in [0.15, 0.2) is 46.1 Å². The van der Waals surface area contributed by atoms with Crippen molar-refractivity contribution in [2.24, 2.45) is 0 Å². The number of hydrogen-bond acceptors (Lipinski definition) is 3. The van der Waals surface area contributed by atoms with Gasteiger partial charge in [0.15, 0.2) is 5.76 Å². The van der Waals surface area contributed by atoms with Gasteiger partial charge in [0.2, 0.25) is 5.71 Å². The van der Waals surface area contributed by atoms with E-state index in [-0.39, 0.29) is 0 Å². The summed E-state index contributed by atoms with van der Waals surface area (Å²) in [4.78, 5) is 8.00. The number of furan rings is 1. The number of rotatable bonds is 3. The smallest absolute Gasteiger partial charge is 0.232 e. The van der Waals surface area contributed by atoms with Crippen molar-refractivity contribution >= 4 is 44.2 Å². The molecule has 2 aromatic rings. The topological polar surface area (TPSA) is 38.9 Å². The summed E-state index contributed by atoms with van der Waals surface area (Å²) in [6.45, 7) is 5.62. The summed E-state index contributed by atoms with van der Waals surface area (Å²) < 4.78 is 6.44. The fourth-order valence-electron chi connectivity index (χ4n) is 1.57. The first kappa shape index (κ1) is 13.1. The van der Waals surface area contributed by atoms with E-state index in [9.17, 15) is 0 Å². The highest BCUT2D eigenvalue weighted by atomic mass is 79.9. The molecule has 0 unspecified atom stereocenters. The monoisotopic (exact) mass is 324 g/mol. The van der Waals surface area contributed by atoms with Crippen LogP contribution in [0.5, 0.6) is 0 Å². The molecule has 0 fully saturated rings. The van der Waals surface area contributed by atoms with Crippen molar-refractivity contribution in [1.29, 1.82) is 0 Å². The minimum Gasteiger partial charge on any atom is -0.436 e. The van der Waals surface area contributed by atoms with Crippen molar-refractivity contribution < 1.29 is 4.42 Å². The lowest BCUT2D eigenvalue weighted by Crippen LogP contribution is -1.79. The van der Waals surface area contributed by atoms with E-state index in [1.165, 1.54) is 6.33 Å². The van der Waals surface area contributed by atoms with E-state index in [2.05, 4.69) is 32.5 Å². The Kier molecular flexibility index (Phi) is 3.99. The summed E-state index contributed by atoms with van der Waals surface area (Å²) in [6, 6.07) is 0.